The number of carbonyl (C=O) groups is 2. The maximum Gasteiger partial charge on any atom is 0.306 e. The highest BCUT2D eigenvalue weighted by Crippen LogP contribution is 2.16. The summed E-state index contributed by atoms with van der Waals surface area (Å²) in [6, 6.07) is -0.735. The van der Waals surface area contributed by atoms with Gasteiger partial charge in [-0.05, 0) is 57.8 Å². The van der Waals surface area contributed by atoms with Crippen molar-refractivity contribution in [3.63, 3.8) is 0 Å². The number of hydrogen-bond donors (Lipinski definition) is 3. The Morgan fingerprint density at radius 2 is 0.965 bits per heavy atom. The third-order valence-electron chi connectivity index (χ3n) is 9.57. The van der Waals surface area contributed by atoms with Gasteiger partial charge in [-0.3, -0.25) is 9.59 Å². The van der Waals surface area contributed by atoms with E-state index in [0.717, 1.165) is 83.5 Å². The van der Waals surface area contributed by atoms with Crippen LogP contribution in [-0.2, 0) is 14.3 Å². The summed E-state index contributed by atoms with van der Waals surface area (Å²) in [5.41, 5.74) is 0. The number of amides is 1. The first-order valence-corrected chi connectivity index (χ1v) is 22.7. The smallest absolute Gasteiger partial charge is 0.306 e. The largest absolute Gasteiger partial charge is 0.462 e. The van der Waals surface area contributed by atoms with Crippen LogP contribution < -0.4 is 5.32 Å². The van der Waals surface area contributed by atoms with Crippen LogP contribution in [-0.4, -0.2) is 46.9 Å². The van der Waals surface area contributed by atoms with E-state index in [1.807, 2.05) is 72.9 Å². The van der Waals surface area contributed by atoms with E-state index in [1.54, 1.807) is 0 Å². The fraction of sp³-hybridized carbons (Fsp3) is 0.608. The molecule has 0 aliphatic heterocycles. The summed E-state index contributed by atoms with van der Waals surface area (Å²) in [6.07, 6.45) is 58.6. The van der Waals surface area contributed by atoms with E-state index in [-0.39, 0.29) is 24.9 Å². The quantitative estimate of drug-likeness (QED) is 0.0329. The zero-order valence-corrected chi connectivity index (χ0v) is 36.4. The molecule has 57 heavy (non-hydrogen) atoms. The summed E-state index contributed by atoms with van der Waals surface area (Å²) in [7, 11) is 0. The van der Waals surface area contributed by atoms with Crippen LogP contribution in [0.2, 0.25) is 0 Å². The highest BCUT2D eigenvalue weighted by Gasteiger charge is 2.24. The lowest BCUT2D eigenvalue weighted by molar-refractivity contribution is -0.151. The van der Waals surface area contributed by atoms with E-state index in [2.05, 4.69) is 62.5 Å². The van der Waals surface area contributed by atoms with Gasteiger partial charge in [0.15, 0.2) is 0 Å². The van der Waals surface area contributed by atoms with Gasteiger partial charge in [-0.15, -0.1) is 0 Å². The minimum absolute atomic E-state index is 0.0114. The van der Waals surface area contributed by atoms with Crippen molar-refractivity contribution in [1.29, 1.82) is 0 Å². The van der Waals surface area contributed by atoms with Crippen molar-refractivity contribution in [2.24, 2.45) is 0 Å². The third kappa shape index (κ3) is 39.1. The van der Waals surface area contributed by atoms with Crippen molar-refractivity contribution >= 4 is 11.9 Å². The highest BCUT2D eigenvalue weighted by atomic mass is 16.5. The molecular formula is C51H83NO5. The van der Waals surface area contributed by atoms with Crippen LogP contribution >= 0.6 is 0 Å². The van der Waals surface area contributed by atoms with Crippen molar-refractivity contribution in [3.8, 4) is 0 Å². The summed E-state index contributed by atoms with van der Waals surface area (Å²) in [4.78, 5) is 26.0. The van der Waals surface area contributed by atoms with Crippen molar-refractivity contribution in [1.82, 2.24) is 5.32 Å². The molecule has 3 unspecified atom stereocenters. The van der Waals surface area contributed by atoms with Gasteiger partial charge >= 0.3 is 5.97 Å². The molecule has 1 amide bonds. The fourth-order valence-electron chi connectivity index (χ4n) is 6.17. The molecule has 0 aromatic heterocycles. The van der Waals surface area contributed by atoms with Crippen LogP contribution in [0.5, 0.6) is 0 Å². The maximum absolute atomic E-state index is 13.1. The first-order chi connectivity index (χ1) is 28.0. The summed E-state index contributed by atoms with van der Waals surface area (Å²) >= 11 is 0. The van der Waals surface area contributed by atoms with Gasteiger partial charge in [0.05, 0.1) is 25.2 Å². The second-order valence-corrected chi connectivity index (χ2v) is 14.9. The lowest BCUT2D eigenvalue weighted by Crippen LogP contribution is -2.46. The predicted octanol–water partition coefficient (Wildman–Crippen LogP) is 13.2. The monoisotopic (exact) mass is 790 g/mol. The minimum atomic E-state index is -0.816. The Morgan fingerprint density at radius 3 is 1.47 bits per heavy atom. The second-order valence-electron chi connectivity index (χ2n) is 14.9. The average Bonchev–Trinajstić information content (AvgIpc) is 3.20. The van der Waals surface area contributed by atoms with Gasteiger partial charge in [0, 0.05) is 6.42 Å². The molecule has 0 aromatic carbocycles. The van der Waals surface area contributed by atoms with Crippen molar-refractivity contribution in [2.75, 3.05) is 6.61 Å². The number of ether oxygens (including phenoxy) is 1. The molecule has 322 valence electrons. The van der Waals surface area contributed by atoms with Crippen molar-refractivity contribution in [3.05, 3.63) is 109 Å². The summed E-state index contributed by atoms with van der Waals surface area (Å²) in [5, 5.41) is 23.6. The van der Waals surface area contributed by atoms with E-state index in [4.69, 9.17) is 4.74 Å². The van der Waals surface area contributed by atoms with Gasteiger partial charge in [0.25, 0.3) is 0 Å². The zero-order chi connectivity index (χ0) is 41.7. The molecule has 0 saturated carbocycles. The van der Waals surface area contributed by atoms with E-state index < -0.39 is 18.2 Å². The van der Waals surface area contributed by atoms with Gasteiger partial charge < -0.3 is 20.3 Å². The van der Waals surface area contributed by atoms with Crippen LogP contribution in [0.4, 0.5) is 0 Å². The van der Waals surface area contributed by atoms with Gasteiger partial charge in [0.1, 0.15) is 6.10 Å². The first-order valence-electron chi connectivity index (χ1n) is 22.7. The number of carbonyl (C=O) groups excluding carboxylic acids is 2. The average molecular weight is 790 g/mol. The number of esters is 1. The lowest BCUT2D eigenvalue weighted by Gasteiger charge is -2.24. The Bertz CT molecular complexity index is 1200. The number of rotatable bonds is 38. The molecule has 0 bridgehead atoms. The van der Waals surface area contributed by atoms with Crippen LogP contribution in [0.25, 0.3) is 0 Å². The van der Waals surface area contributed by atoms with Gasteiger partial charge in [0.2, 0.25) is 5.91 Å². The summed E-state index contributed by atoms with van der Waals surface area (Å²) < 4.78 is 5.85. The number of nitrogens with one attached hydrogen (secondary N) is 1. The lowest BCUT2D eigenvalue weighted by atomic mass is 10.0. The number of unbranched alkanes of at least 4 members (excludes halogenated alkanes) is 15. The number of aliphatic hydroxyl groups excluding tert-OH is 2. The maximum atomic E-state index is 13.1. The van der Waals surface area contributed by atoms with Gasteiger partial charge in [-0.2, -0.15) is 0 Å². The van der Waals surface area contributed by atoms with E-state index in [1.165, 1.54) is 44.9 Å². The van der Waals surface area contributed by atoms with E-state index >= 15 is 0 Å². The highest BCUT2D eigenvalue weighted by molar-refractivity contribution is 5.77. The molecule has 6 heteroatoms. The minimum Gasteiger partial charge on any atom is -0.462 e. The number of allylic oxidation sites excluding steroid dienone is 18. The summed E-state index contributed by atoms with van der Waals surface area (Å²) in [6.45, 7) is 6.13. The molecule has 0 heterocycles. The SMILES string of the molecule is CC/C=C/C=C/C=C\C=C/C=C/CCCC(CC(=O)NC(CO)C(O)CCCCCCCCCCCC)OC(=O)CCCCCCC\C=C/C=C/C=C/C=C/CC. The van der Waals surface area contributed by atoms with Crippen molar-refractivity contribution in [2.45, 2.75) is 193 Å². The Hall–Kier alpha value is -3.48. The Morgan fingerprint density at radius 1 is 0.526 bits per heavy atom. The molecule has 0 rings (SSSR count). The van der Waals surface area contributed by atoms with Crippen LogP contribution in [0.15, 0.2) is 109 Å². The van der Waals surface area contributed by atoms with Crippen LogP contribution in [0, 0.1) is 0 Å². The van der Waals surface area contributed by atoms with Crippen LogP contribution in [0.1, 0.15) is 175 Å². The molecule has 0 radical (unpaired) electrons. The van der Waals surface area contributed by atoms with E-state index in [9.17, 15) is 19.8 Å². The molecular weight excluding hydrogens is 707 g/mol. The number of hydrogen-bond acceptors (Lipinski definition) is 5. The predicted molar refractivity (Wildman–Crippen MR) is 245 cm³/mol. The van der Waals surface area contributed by atoms with Crippen LogP contribution in [0.3, 0.4) is 0 Å². The Labute approximate surface area is 349 Å². The Kier molecular flexibility index (Phi) is 41.0. The number of aliphatic hydroxyl groups is 2. The molecule has 0 fully saturated rings. The Balaban J connectivity index is 4.80. The second kappa shape index (κ2) is 43.6. The normalized spacial score (nSPS) is 14.4. The van der Waals surface area contributed by atoms with Gasteiger partial charge in [-0.25, -0.2) is 0 Å². The molecule has 0 saturated heterocycles. The zero-order valence-electron chi connectivity index (χ0n) is 36.4. The molecule has 3 N–H and O–H groups in total. The third-order valence-corrected chi connectivity index (χ3v) is 9.57. The summed E-state index contributed by atoms with van der Waals surface area (Å²) in [5.74, 6) is -0.588. The molecule has 0 aliphatic rings. The molecule has 0 aromatic rings. The fourth-order valence-corrected chi connectivity index (χ4v) is 6.17. The molecule has 0 aliphatic carbocycles. The topological polar surface area (TPSA) is 95.9 Å². The van der Waals surface area contributed by atoms with Gasteiger partial charge in [-0.1, -0.05) is 214 Å². The van der Waals surface area contributed by atoms with Crippen molar-refractivity contribution < 1.29 is 24.5 Å². The van der Waals surface area contributed by atoms with E-state index in [0.29, 0.717) is 19.3 Å². The standard InChI is InChI=1S/C51H83NO5/c1-4-7-10-13-16-19-22-24-25-27-29-32-35-38-41-44-51(56)57-47(42-39-36-33-30-28-26-23-20-17-14-11-8-5-2)45-50(55)52-48(46-53)49(54)43-40-37-34-31-21-18-15-12-9-6-3/h7-8,10-11,13-14,16-17,19-20,22-26,28,30,33,47-49,53-54H,4-6,9,12,15,18,21,27,29,31-32,34-46H2,1-3H3,(H,52,55)/b10-7+,11-8+,16-13+,17-14+,22-19+,23-20-,25-24-,28-26-,33-30+. The molecule has 0 spiro atoms. The molecule has 3 atom stereocenters. The first kappa shape index (κ1) is 53.5. The molecule has 6 nitrogen and oxygen atoms in total.